The molecule has 3 rings (SSSR count). The fourth-order valence-electron chi connectivity index (χ4n) is 3.92. The van der Waals surface area contributed by atoms with Crippen molar-refractivity contribution < 1.29 is 29.0 Å². The third-order valence-electron chi connectivity index (χ3n) is 5.62. The summed E-state index contributed by atoms with van der Waals surface area (Å²) in [5, 5.41) is 14.0. The standard InChI is InChI=1S/C25H30N2O6/c1-2-17(15-23(28)26-12-14-32-13-11-24(29)30)27-25(31)33-16-22-20-9-5-3-7-18(20)19-8-4-6-10-21(19)22/h3-10,17,22H,2,11-16H2,1H3,(H,26,28)(H,27,31)(H,29,30)/t17-/m0/s1. The number of carboxylic acids is 1. The van der Waals surface area contributed by atoms with Crippen LogP contribution in [0.4, 0.5) is 4.79 Å². The molecule has 0 radical (unpaired) electrons. The van der Waals surface area contributed by atoms with Gasteiger partial charge in [0.25, 0.3) is 0 Å². The number of nitrogens with one attached hydrogen (secondary N) is 2. The number of ether oxygens (including phenoxy) is 2. The van der Waals surface area contributed by atoms with Gasteiger partial charge in [-0.3, -0.25) is 9.59 Å². The Kier molecular flexibility index (Phi) is 8.83. The molecule has 0 aliphatic heterocycles. The van der Waals surface area contributed by atoms with Gasteiger partial charge in [-0.25, -0.2) is 4.79 Å². The Hall–Kier alpha value is -3.39. The van der Waals surface area contributed by atoms with Crippen LogP contribution in [0, 0.1) is 0 Å². The maximum atomic E-state index is 12.4. The summed E-state index contributed by atoms with van der Waals surface area (Å²) in [4.78, 5) is 35.0. The second-order valence-corrected chi connectivity index (χ2v) is 7.89. The van der Waals surface area contributed by atoms with Crippen molar-refractivity contribution in [1.29, 1.82) is 0 Å². The molecule has 2 amide bonds. The first-order chi connectivity index (χ1) is 16.0. The van der Waals surface area contributed by atoms with E-state index in [1.807, 2.05) is 31.2 Å². The molecule has 1 aliphatic rings. The molecule has 0 saturated carbocycles. The minimum absolute atomic E-state index is 0.0207. The van der Waals surface area contributed by atoms with Crippen LogP contribution >= 0.6 is 0 Å². The molecule has 0 unspecified atom stereocenters. The normalized spacial score (nSPS) is 13.0. The van der Waals surface area contributed by atoms with Crippen molar-refractivity contribution in [2.75, 3.05) is 26.4 Å². The lowest BCUT2D eigenvalue weighted by molar-refractivity contribution is -0.138. The van der Waals surface area contributed by atoms with E-state index in [1.54, 1.807) is 0 Å². The van der Waals surface area contributed by atoms with E-state index in [0.29, 0.717) is 6.42 Å². The Morgan fingerprint density at radius 3 is 2.24 bits per heavy atom. The van der Waals surface area contributed by atoms with Crippen LogP contribution in [0.2, 0.25) is 0 Å². The lowest BCUT2D eigenvalue weighted by Crippen LogP contribution is -2.40. The van der Waals surface area contributed by atoms with Crippen LogP contribution in [0.25, 0.3) is 11.1 Å². The van der Waals surface area contributed by atoms with Gasteiger partial charge in [0.05, 0.1) is 19.6 Å². The molecule has 0 spiro atoms. The van der Waals surface area contributed by atoms with Crippen LogP contribution < -0.4 is 10.6 Å². The van der Waals surface area contributed by atoms with Crippen LogP contribution in [0.1, 0.15) is 43.2 Å². The van der Waals surface area contributed by atoms with Gasteiger partial charge in [0.15, 0.2) is 0 Å². The molecule has 2 aromatic carbocycles. The van der Waals surface area contributed by atoms with Crippen molar-refractivity contribution in [2.45, 2.75) is 38.1 Å². The number of amides is 2. The molecule has 0 fully saturated rings. The van der Waals surface area contributed by atoms with Crippen molar-refractivity contribution in [3.8, 4) is 11.1 Å². The number of alkyl carbamates (subject to hydrolysis) is 1. The number of rotatable bonds is 12. The van der Waals surface area contributed by atoms with Crippen molar-refractivity contribution >= 4 is 18.0 Å². The minimum Gasteiger partial charge on any atom is -0.481 e. The van der Waals surface area contributed by atoms with Crippen molar-refractivity contribution in [2.24, 2.45) is 0 Å². The predicted molar refractivity (Wildman–Crippen MR) is 123 cm³/mol. The van der Waals surface area contributed by atoms with E-state index in [4.69, 9.17) is 14.6 Å². The fraction of sp³-hybridized carbons (Fsp3) is 0.400. The van der Waals surface area contributed by atoms with Gasteiger partial charge in [-0.2, -0.15) is 0 Å². The average Bonchev–Trinajstić information content (AvgIpc) is 3.13. The molecule has 0 saturated heterocycles. The van der Waals surface area contributed by atoms with Crippen LogP contribution in [-0.4, -0.2) is 55.5 Å². The third kappa shape index (κ3) is 6.79. The summed E-state index contributed by atoms with van der Waals surface area (Å²) >= 11 is 0. The first-order valence-electron chi connectivity index (χ1n) is 11.2. The van der Waals surface area contributed by atoms with Gasteiger partial charge in [-0.1, -0.05) is 55.5 Å². The number of benzene rings is 2. The molecule has 1 aliphatic carbocycles. The summed E-state index contributed by atoms with van der Waals surface area (Å²) in [5.41, 5.74) is 4.61. The predicted octanol–water partition coefficient (Wildman–Crippen LogP) is 3.30. The highest BCUT2D eigenvalue weighted by Crippen LogP contribution is 2.44. The highest BCUT2D eigenvalue weighted by Gasteiger charge is 2.29. The molecular formula is C25H30N2O6. The minimum atomic E-state index is -0.927. The van der Waals surface area contributed by atoms with Crippen molar-refractivity contribution in [1.82, 2.24) is 10.6 Å². The first-order valence-corrected chi connectivity index (χ1v) is 11.2. The van der Waals surface area contributed by atoms with E-state index in [2.05, 4.69) is 34.9 Å². The second-order valence-electron chi connectivity index (χ2n) is 7.89. The molecule has 176 valence electrons. The molecule has 8 heteroatoms. The Balaban J connectivity index is 1.43. The molecule has 0 aromatic heterocycles. The SMILES string of the molecule is CC[C@@H](CC(=O)NCCOCCC(=O)O)NC(=O)OCC1c2ccccc2-c2ccccc21. The van der Waals surface area contributed by atoms with Gasteiger partial charge in [0.2, 0.25) is 5.91 Å². The van der Waals surface area contributed by atoms with E-state index in [1.165, 1.54) is 0 Å². The number of aliphatic carboxylic acids is 1. The summed E-state index contributed by atoms with van der Waals surface area (Å²) in [6.45, 7) is 2.72. The zero-order valence-corrected chi connectivity index (χ0v) is 18.7. The van der Waals surface area contributed by atoms with Gasteiger partial charge in [-0.05, 0) is 28.7 Å². The van der Waals surface area contributed by atoms with Crippen LogP contribution in [0.5, 0.6) is 0 Å². The van der Waals surface area contributed by atoms with E-state index >= 15 is 0 Å². The van der Waals surface area contributed by atoms with Gasteiger partial charge >= 0.3 is 12.1 Å². The zero-order valence-electron chi connectivity index (χ0n) is 18.7. The number of carbonyl (C=O) groups excluding carboxylic acids is 2. The highest BCUT2D eigenvalue weighted by molar-refractivity contribution is 5.79. The van der Waals surface area contributed by atoms with Crippen LogP contribution in [-0.2, 0) is 19.1 Å². The first kappa shape index (κ1) is 24.3. The maximum absolute atomic E-state index is 12.4. The van der Waals surface area contributed by atoms with Crippen molar-refractivity contribution in [3.05, 3.63) is 59.7 Å². The van der Waals surface area contributed by atoms with Crippen LogP contribution in [0.3, 0.4) is 0 Å². The molecule has 3 N–H and O–H groups in total. The number of hydrogen-bond donors (Lipinski definition) is 3. The highest BCUT2D eigenvalue weighted by atomic mass is 16.5. The summed E-state index contributed by atoms with van der Waals surface area (Å²) in [6.07, 6.45) is 0.0758. The lowest BCUT2D eigenvalue weighted by Gasteiger charge is -2.19. The number of carbonyl (C=O) groups is 3. The lowest BCUT2D eigenvalue weighted by atomic mass is 9.98. The fourth-order valence-corrected chi connectivity index (χ4v) is 3.92. The Morgan fingerprint density at radius 2 is 1.64 bits per heavy atom. The summed E-state index contributed by atoms with van der Waals surface area (Å²) in [7, 11) is 0. The van der Waals surface area contributed by atoms with Gasteiger partial charge < -0.3 is 25.2 Å². The molecule has 8 nitrogen and oxygen atoms in total. The van der Waals surface area contributed by atoms with E-state index < -0.39 is 12.1 Å². The number of fused-ring (bicyclic) bond motifs is 3. The third-order valence-corrected chi connectivity index (χ3v) is 5.62. The maximum Gasteiger partial charge on any atom is 0.407 e. The summed E-state index contributed by atoms with van der Waals surface area (Å²) in [5.74, 6) is -1.17. The molecule has 0 bridgehead atoms. The molecule has 33 heavy (non-hydrogen) atoms. The zero-order chi connectivity index (χ0) is 23.6. The summed E-state index contributed by atoms with van der Waals surface area (Å²) in [6, 6.07) is 15.9. The number of carboxylic acid groups (broad SMARTS) is 1. The van der Waals surface area contributed by atoms with Gasteiger partial charge in [0, 0.05) is 24.9 Å². The van der Waals surface area contributed by atoms with Gasteiger partial charge in [0.1, 0.15) is 6.61 Å². The van der Waals surface area contributed by atoms with E-state index in [0.717, 1.165) is 22.3 Å². The second kappa shape index (κ2) is 12.0. The summed E-state index contributed by atoms with van der Waals surface area (Å²) < 4.78 is 10.7. The quantitative estimate of drug-likeness (QED) is 0.424. The van der Waals surface area contributed by atoms with Crippen LogP contribution in [0.15, 0.2) is 48.5 Å². The molecule has 1 atom stereocenters. The van der Waals surface area contributed by atoms with E-state index in [-0.39, 0.29) is 57.1 Å². The Bertz CT molecular complexity index is 931. The smallest absolute Gasteiger partial charge is 0.407 e. The molecule has 2 aromatic rings. The molecular weight excluding hydrogens is 424 g/mol. The van der Waals surface area contributed by atoms with Crippen molar-refractivity contribution in [3.63, 3.8) is 0 Å². The largest absolute Gasteiger partial charge is 0.481 e. The molecule has 0 heterocycles. The van der Waals surface area contributed by atoms with E-state index in [9.17, 15) is 14.4 Å². The monoisotopic (exact) mass is 454 g/mol. The van der Waals surface area contributed by atoms with Gasteiger partial charge in [-0.15, -0.1) is 0 Å². The number of hydrogen-bond acceptors (Lipinski definition) is 5. The Labute approximate surface area is 193 Å². The topological polar surface area (TPSA) is 114 Å². The Morgan fingerprint density at radius 1 is 1.00 bits per heavy atom. The average molecular weight is 455 g/mol.